The smallest absolute Gasteiger partial charge is 0.335 e. The number of carboxylic acids is 1. The molecule has 2 aliphatic rings. The molecule has 3 atom stereocenters. The van der Waals surface area contributed by atoms with Crippen LogP contribution in [0.25, 0.3) is 0 Å². The number of aromatic carboxylic acids is 1. The van der Waals surface area contributed by atoms with E-state index >= 15 is 0 Å². The van der Waals surface area contributed by atoms with Gasteiger partial charge in [-0.3, -0.25) is 0 Å². The van der Waals surface area contributed by atoms with Crippen LogP contribution in [0.3, 0.4) is 0 Å². The molecule has 2 aromatic carbocycles. The van der Waals surface area contributed by atoms with Gasteiger partial charge in [-0.05, 0) is 41.7 Å². The highest BCUT2D eigenvalue weighted by atomic mass is 19.1. The van der Waals surface area contributed by atoms with Crippen molar-refractivity contribution in [3.8, 4) is 0 Å². The first-order valence-electron chi connectivity index (χ1n) is 7.70. The lowest BCUT2D eigenvalue weighted by atomic mass is 9.77. The third-order valence-corrected chi connectivity index (χ3v) is 4.86. The number of anilines is 1. The number of benzene rings is 2. The minimum Gasteiger partial charge on any atom is -0.478 e. The summed E-state index contributed by atoms with van der Waals surface area (Å²) >= 11 is 0. The van der Waals surface area contributed by atoms with Crippen LogP contribution in [0.2, 0.25) is 0 Å². The fourth-order valence-electron chi connectivity index (χ4n) is 3.75. The van der Waals surface area contributed by atoms with Crippen molar-refractivity contribution in [1.82, 2.24) is 0 Å². The lowest BCUT2D eigenvalue weighted by Crippen LogP contribution is -2.29. The first-order chi connectivity index (χ1) is 11.1. The topological polar surface area (TPSA) is 49.3 Å². The Kier molecular flexibility index (Phi) is 3.18. The molecule has 0 saturated carbocycles. The van der Waals surface area contributed by atoms with E-state index < -0.39 is 5.97 Å². The van der Waals surface area contributed by atoms with Crippen LogP contribution in [-0.4, -0.2) is 11.1 Å². The van der Waals surface area contributed by atoms with Crippen molar-refractivity contribution in [3.63, 3.8) is 0 Å². The zero-order valence-electron chi connectivity index (χ0n) is 12.4. The lowest BCUT2D eigenvalue weighted by Gasteiger charge is -2.37. The van der Waals surface area contributed by atoms with Gasteiger partial charge in [-0.2, -0.15) is 0 Å². The predicted octanol–water partition coefficient (Wildman–Crippen LogP) is 4.35. The molecule has 116 valence electrons. The minimum absolute atomic E-state index is 0.0257. The van der Waals surface area contributed by atoms with Crippen LogP contribution in [0.1, 0.15) is 39.9 Å². The van der Waals surface area contributed by atoms with E-state index in [2.05, 4.69) is 17.5 Å². The molecule has 2 N–H and O–H groups in total. The molecule has 0 unspecified atom stereocenters. The Labute approximate surface area is 133 Å². The van der Waals surface area contributed by atoms with E-state index in [0.717, 1.165) is 17.5 Å². The number of rotatable bonds is 2. The van der Waals surface area contributed by atoms with Gasteiger partial charge in [0.25, 0.3) is 0 Å². The number of hydrogen-bond acceptors (Lipinski definition) is 2. The summed E-state index contributed by atoms with van der Waals surface area (Å²) in [7, 11) is 0. The molecule has 0 bridgehead atoms. The fraction of sp³-hybridized carbons (Fsp3) is 0.211. The highest BCUT2D eigenvalue weighted by Gasteiger charge is 2.38. The number of hydrogen-bond donors (Lipinski definition) is 2. The van der Waals surface area contributed by atoms with Crippen LogP contribution >= 0.6 is 0 Å². The number of fused-ring (bicyclic) bond motifs is 3. The molecule has 23 heavy (non-hydrogen) atoms. The monoisotopic (exact) mass is 309 g/mol. The molecule has 0 aromatic heterocycles. The number of allylic oxidation sites excluding steroid dienone is 2. The first kappa shape index (κ1) is 14.0. The Morgan fingerprint density at radius 3 is 2.70 bits per heavy atom. The van der Waals surface area contributed by atoms with E-state index in [1.807, 2.05) is 18.2 Å². The van der Waals surface area contributed by atoms with Gasteiger partial charge in [0.05, 0.1) is 17.3 Å². The van der Waals surface area contributed by atoms with Crippen molar-refractivity contribution in [2.24, 2.45) is 5.92 Å². The van der Waals surface area contributed by atoms with Gasteiger partial charge in [0.15, 0.2) is 0 Å². The van der Waals surface area contributed by atoms with Crippen molar-refractivity contribution >= 4 is 11.7 Å². The Morgan fingerprint density at radius 1 is 1.17 bits per heavy atom. The number of nitrogens with one attached hydrogen (secondary N) is 1. The van der Waals surface area contributed by atoms with Gasteiger partial charge in [-0.15, -0.1) is 0 Å². The largest absolute Gasteiger partial charge is 0.478 e. The summed E-state index contributed by atoms with van der Waals surface area (Å²) in [4.78, 5) is 11.0. The second kappa shape index (κ2) is 5.23. The maximum atomic E-state index is 14.2. The molecule has 4 heteroatoms. The Balaban J connectivity index is 1.75. The van der Waals surface area contributed by atoms with Crippen LogP contribution in [-0.2, 0) is 0 Å². The van der Waals surface area contributed by atoms with Crippen molar-refractivity contribution in [2.45, 2.75) is 18.4 Å². The van der Waals surface area contributed by atoms with E-state index in [4.69, 9.17) is 5.11 Å². The van der Waals surface area contributed by atoms with Gasteiger partial charge in [-0.1, -0.05) is 36.4 Å². The summed E-state index contributed by atoms with van der Waals surface area (Å²) in [5, 5.41) is 12.4. The van der Waals surface area contributed by atoms with E-state index in [0.29, 0.717) is 11.6 Å². The van der Waals surface area contributed by atoms with Gasteiger partial charge in [0.2, 0.25) is 0 Å². The molecule has 1 aliphatic heterocycles. The number of carboxylic acid groups (broad SMARTS) is 1. The Bertz CT molecular complexity index is 798. The number of para-hydroxylation sites is 1. The highest BCUT2D eigenvalue weighted by molar-refractivity contribution is 5.87. The summed E-state index contributed by atoms with van der Waals surface area (Å²) < 4.78 is 14.2. The quantitative estimate of drug-likeness (QED) is 0.811. The second-order valence-corrected chi connectivity index (χ2v) is 6.11. The van der Waals surface area contributed by atoms with Gasteiger partial charge >= 0.3 is 5.97 Å². The van der Waals surface area contributed by atoms with Crippen LogP contribution in [0.4, 0.5) is 10.1 Å². The first-order valence-corrected chi connectivity index (χ1v) is 7.70. The third-order valence-electron chi connectivity index (χ3n) is 4.86. The molecule has 4 rings (SSSR count). The SMILES string of the molecule is O=C(O)c1ccc([C@H]2Nc3c(F)cccc3[C@H]3C=CC[C@H]32)cc1. The molecule has 0 spiro atoms. The van der Waals surface area contributed by atoms with Crippen LogP contribution < -0.4 is 5.32 Å². The maximum absolute atomic E-state index is 14.2. The summed E-state index contributed by atoms with van der Waals surface area (Å²) in [6.07, 6.45) is 5.23. The number of halogens is 1. The van der Waals surface area contributed by atoms with E-state index in [9.17, 15) is 9.18 Å². The fourth-order valence-corrected chi connectivity index (χ4v) is 3.75. The minimum atomic E-state index is -0.940. The molecule has 0 saturated heterocycles. The normalized spacial score (nSPS) is 24.7. The summed E-state index contributed by atoms with van der Waals surface area (Å²) in [5.74, 6) is -0.663. The molecule has 3 nitrogen and oxygen atoms in total. The predicted molar refractivity (Wildman–Crippen MR) is 86.2 cm³/mol. The second-order valence-electron chi connectivity index (χ2n) is 6.11. The van der Waals surface area contributed by atoms with Crippen molar-refractivity contribution in [1.29, 1.82) is 0 Å². The molecule has 1 aliphatic carbocycles. The van der Waals surface area contributed by atoms with Gasteiger partial charge < -0.3 is 10.4 Å². The van der Waals surface area contributed by atoms with E-state index in [1.165, 1.54) is 6.07 Å². The van der Waals surface area contributed by atoms with Gasteiger partial charge in [-0.25, -0.2) is 9.18 Å². The average Bonchev–Trinajstić information content (AvgIpc) is 3.04. The Hall–Kier alpha value is -2.62. The molecule has 2 aromatic rings. The van der Waals surface area contributed by atoms with Gasteiger partial charge in [0, 0.05) is 5.92 Å². The van der Waals surface area contributed by atoms with Gasteiger partial charge in [0.1, 0.15) is 5.82 Å². The molecule has 0 amide bonds. The molecule has 0 fully saturated rings. The zero-order valence-corrected chi connectivity index (χ0v) is 12.4. The summed E-state index contributed by atoms with van der Waals surface area (Å²) in [5.41, 5.74) is 2.81. The molecule has 0 radical (unpaired) electrons. The molecular weight excluding hydrogens is 293 g/mol. The van der Waals surface area contributed by atoms with Crippen LogP contribution in [0, 0.1) is 11.7 Å². The highest BCUT2D eigenvalue weighted by Crippen LogP contribution is 2.50. The zero-order chi connectivity index (χ0) is 16.0. The molecule has 1 heterocycles. The van der Waals surface area contributed by atoms with Crippen LogP contribution in [0.15, 0.2) is 54.6 Å². The van der Waals surface area contributed by atoms with E-state index in [1.54, 1.807) is 18.2 Å². The number of carbonyl (C=O) groups is 1. The Morgan fingerprint density at radius 2 is 1.96 bits per heavy atom. The van der Waals surface area contributed by atoms with E-state index in [-0.39, 0.29) is 23.3 Å². The summed E-state index contributed by atoms with van der Waals surface area (Å²) in [6.45, 7) is 0. The third kappa shape index (κ3) is 2.22. The average molecular weight is 309 g/mol. The van der Waals surface area contributed by atoms with Crippen molar-refractivity contribution < 1.29 is 14.3 Å². The lowest BCUT2D eigenvalue weighted by molar-refractivity contribution is 0.0697. The maximum Gasteiger partial charge on any atom is 0.335 e. The molecular formula is C19H16FNO2. The standard InChI is InChI=1S/C19H16FNO2/c20-16-6-2-5-15-13-3-1-4-14(13)17(21-18(15)16)11-7-9-12(10-8-11)19(22)23/h1-3,5-10,13-14,17,21H,4H2,(H,22,23)/t13-,14+,17+/m0/s1. The van der Waals surface area contributed by atoms with Crippen LogP contribution in [0.5, 0.6) is 0 Å². The van der Waals surface area contributed by atoms with Crippen molar-refractivity contribution in [2.75, 3.05) is 5.32 Å². The summed E-state index contributed by atoms with van der Waals surface area (Å²) in [6, 6.07) is 12.0. The van der Waals surface area contributed by atoms with Crippen molar-refractivity contribution in [3.05, 3.63) is 77.1 Å².